The molecule has 0 aromatic heterocycles. The Labute approximate surface area is 142 Å². The molecule has 1 heterocycles. The Morgan fingerprint density at radius 1 is 1.12 bits per heavy atom. The molecule has 0 fully saturated rings. The van der Waals surface area contributed by atoms with Gasteiger partial charge in [-0.2, -0.15) is 0 Å². The highest BCUT2D eigenvalue weighted by Gasteiger charge is 2.37. The lowest BCUT2D eigenvalue weighted by atomic mass is 9.77. The van der Waals surface area contributed by atoms with Crippen LogP contribution in [0.3, 0.4) is 0 Å². The van der Waals surface area contributed by atoms with Crippen LogP contribution in [0.25, 0.3) is 0 Å². The molecule has 0 bridgehead atoms. The van der Waals surface area contributed by atoms with Crippen molar-refractivity contribution in [1.82, 2.24) is 0 Å². The van der Waals surface area contributed by atoms with Gasteiger partial charge in [-0.05, 0) is 48.1 Å². The van der Waals surface area contributed by atoms with Gasteiger partial charge in [-0.25, -0.2) is 13.6 Å². The third kappa shape index (κ3) is 2.74. The Morgan fingerprint density at radius 3 is 2.67 bits per heavy atom. The fourth-order valence-corrected chi connectivity index (χ4v) is 4.47. The molecule has 2 aromatic rings. The van der Waals surface area contributed by atoms with E-state index in [2.05, 4.69) is 41.7 Å². The molecule has 3 N–H and O–H groups in total. The van der Waals surface area contributed by atoms with E-state index in [9.17, 15) is 8.42 Å². The van der Waals surface area contributed by atoms with Crippen LogP contribution >= 0.6 is 0 Å². The molecule has 0 saturated carbocycles. The van der Waals surface area contributed by atoms with Crippen molar-refractivity contribution < 1.29 is 8.42 Å². The van der Waals surface area contributed by atoms with E-state index >= 15 is 0 Å². The van der Waals surface area contributed by atoms with Crippen LogP contribution in [0.5, 0.6) is 0 Å². The van der Waals surface area contributed by atoms with E-state index in [4.69, 9.17) is 5.14 Å². The first-order chi connectivity index (χ1) is 11.5. The Kier molecular flexibility index (Phi) is 3.70. The average molecular weight is 340 g/mol. The lowest BCUT2D eigenvalue weighted by Crippen LogP contribution is -2.37. The van der Waals surface area contributed by atoms with Crippen molar-refractivity contribution in [3.05, 3.63) is 71.8 Å². The number of rotatable bonds is 3. The molecule has 4 rings (SSSR count). The molecule has 24 heavy (non-hydrogen) atoms. The van der Waals surface area contributed by atoms with Crippen LogP contribution in [-0.2, 0) is 16.4 Å². The number of allylic oxidation sites excluding steroid dienone is 2. The number of nitrogens with two attached hydrogens (primary N) is 1. The van der Waals surface area contributed by atoms with E-state index in [0.717, 1.165) is 24.1 Å². The first-order valence-corrected chi connectivity index (χ1v) is 9.71. The molecule has 0 saturated heterocycles. The predicted octanol–water partition coefficient (Wildman–Crippen LogP) is 3.03. The fraction of sp³-hybridized carbons (Fsp3) is 0.263. The number of primary sulfonamides is 1. The van der Waals surface area contributed by atoms with Gasteiger partial charge in [0.15, 0.2) is 0 Å². The van der Waals surface area contributed by atoms with E-state index in [1.165, 1.54) is 5.56 Å². The molecule has 0 amide bonds. The van der Waals surface area contributed by atoms with Gasteiger partial charge < -0.3 is 5.32 Å². The molecule has 0 spiro atoms. The lowest BCUT2D eigenvalue weighted by molar-refractivity contribution is 0.412. The number of hydrogen-bond acceptors (Lipinski definition) is 3. The molecule has 4 nitrogen and oxygen atoms in total. The second kappa shape index (κ2) is 5.76. The van der Waals surface area contributed by atoms with Crippen LogP contribution in [0.2, 0.25) is 0 Å². The summed E-state index contributed by atoms with van der Waals surface area (Å²) >= 11 is 0. The minimum absolute atomic E-state index is 0.184. The van der Waals surface area contributed by atoms with Crippen LogP contribution in [-0.4, -0.2) is 14.5 Å². The number of benzene rings is 2. The number of hydrogen-bond donors (Lipinski definition) is 2. The van der Waals surface area contributed by atoms with Crippen LogP contribution in [0, 0.1) is 5.92 Å². The maximum Gasteiger partial charge on any atom is 0.238 e. The molecule has 5 heteroatoms. The average Bonchev–Trinajstić information content (AvgIpc) is 3.05. The third-order valence-corrected chi connectivity index (χ3v) is 5.99. The third-order valence-electron chi connectivity index (χ3n) is 5.08. The van der Waals surface area contributed by atoms with Gasteiger partial charge in [0.25, 0.3) is 0 Å². The van der Waals surface area contributed by atoms with E-state index in [-0.39, 0.29) is 10.8 Å². The summed E-state index contributed by atoms with van der Waals surface area (Å²) in [5.74, 6) is 0.685. The second-order valence-corrected chi connectivity index (χ2v) is 8.15. The summed E-state index contributed by atoms with van der Waals surface area (Å²) in [4.78, 5) is 0.184. The van der Waals surface area contributed by atoms with E-state index in [1.807, 2.05) is 12.1 Å². The molecule has 2 aliphatic rings. The zero-order valence-electron chi connectivity index (χ0n) is 13.2. The maximum atomic E-state index is 11.7. The second-order valence-electron chi connectivity index (χ2n) is 6.59. The number of anilines is 1. The van der Waals surface area contributed by atoms with Gasteiger partial charge in [0.1, 0.15) is 0 Å². The molecule has 3 atom stereocenters. The number of fused-ring (bicyclic) bond motifs is 3. The molecule has 1 aliphatic carbocycles. The molecule has 1 aliphatic heterocycles. The number of sulfonamides is 1. The van der Waals surface area contributed by atoms with Gasteiger partial charge in [-0.1, -0.05) is 42.5 Å². The van der Waals surface area contributed by atoms with Crippen LogP contribution in [0.4, 0.5) is 5.69 Å². The Balaban J connectivity index is 1.70. The van der Waals surface area contributed by atoms with Crippen LogP contribution in [0.15, 0.2) is 65.6 Å². The quantitative estimate of drug-likeness (QED) is 0.844. The van der Waals surface area contributed by atoms with Gasteiger partial charge in [-0.3, -0.25) is 0 Å². The maximum absolute atomic E-state index is 11.7. The van der Waals surface area contributed by atoms with Crippen molar-refractivity contribution in [3.63, 3.8) is 0 Å². The molecule has 2 aromatic carbocycles. The normalized spacial score (nSPS) is 25.0. The van der Waals surface area contributed by atoms with Crippen molar-refractivity contribution in [2.24, 2.45) is 11.1 Å². The highest BCUT2D eigenvalue weighted by Crippen LogP contribution is 2.45. The standard InChI is InChI=1S/C19H20N2O2S/c20-24(22,23)14-9-10-18-17(12-14)15-7-4-8-16(15)19(21-18)11-13-5-2-1-3-6-13/h1-7,9-10,12,15-16,19,21H,8,11H2,(H2,20,22,23). The van der Waals surface area contributed by atoms with Gasteiger partial charge in [0.05, 0.1) is 4.90 Å². The summed E-state index contributed by atoms with van der Waals surface area (Å²) < 4.78 is 23.3. The van der Waals surface area contributed by atoms with Gasteiger partial charge in [-0.15, -0.1) is 0 Å². The minimum Gasteiger partial charge on any atom is -0.381 e. The fourth-order valence-electron chi connectivity index (χ4n) is 3.92. The summed E-state index contributed by atoms with van der Waals surface area (Å²) in [6.07, 6.45) is 6.37. The summed E-state index contributed by atoms with van der Waals surface area (Å²) in [7, 11) is -3.68. The molecule has 124 valence electrons. The van der Waals surface area contributed by atoms with Crippen molar-refractivity contribution in [2.45, 2.75) is 29.7 Å². The first kappa shape index (κ1) is 15.4. The summed E-state index contributed by atoms with van der Waals surface area (Å²) in [5.41, 5.74) is 3.35. The smallest absolute Gasteiger partial charge is 0.238 e. The zero-order valence-corrected chi connectivity index (χ0v) is 14.0. The molecule has 3 unspecified atom stereocenters. The van der Waals surface area contributed by atoms with Crippen molar-refractivity contribution >= 4 is 15.7 Å². The summed E-state index contributed by atoms with van der Waals surface area (Å²) in [5, 5.41) is 8.91. The Hall–Kier alpha value is -2.11. The topological polar surface area (TPSA) is 72.2 Å². The zero-order chi connectivity index (χ0) is 16.7. The van der Waals surface area contributed by atoms with E-state index in [0.29, 0.717) is 12.0 Å². The van der Waals surface area contributed by atoms with Gasteiger partial charge >= 0.3 is 0 Å². The highest BCUT2D eigenvalue weighted by molar-refractivity contribution is 7.89. The van der Waals surface area contributed by atoms with Crippen molar-refractivity contribution in [2.75, 3.05) is 5.32 Å². The molecule has 0 radical (unpaired) electrons. The summed E-state index contributed by atoms with van der Waals surface area (Å²) in [6, 6.07) is 15.9. The monoisotopic (exact) mass is 340 g/mol. The van der Waals surface area contributed by atoms with E-state index in [1.54, 1.807) is 12.1 Å². The molecular formula is C19H20N2O2S. The predicted molar refractivity (Wildman–Crippen MR) is 95.4 cm³/mol. The van der Waals surface area contributed by atoms with Crippen LogP contribution in [0.1, 0.15) is 23.5 Å². The van der Waals surface area contributed by atoms with E-state index < -0.39 is 10.0 Å². The van der Waals surface area contributed by atoms with Gasteiger partial charge in [0, 0.05) is 17.6 Å². The number of nitrogens with one attached hydrogen (secondary N) is 1. The lowest BCUT2D eigenvalue weighted by Gasteiger charge is -2.37. The Morgan fingerprint density at radius 2 is 1.92 bits per heavy atom. The van der Waals surface area contributed by atoms with Crippen molar-refractivity contribution in [3.8, 4) is 0 Å². The SMILES string of the molecule is NS(=O)(=O)c1ccc2c(c1)C1C=CCC1C(Cc1ccccc1)N2. The van der Waals surface area contributed by atoms with Gasteiger partial charge in [0.2, 0.25) is 10.0 Å². The van der Waals surface area contributed by atoms with Crippen molar-refractivity contribution in [1.29, 1.82) is 0 Å². The first-order valence-electron chi connectivity index (χ1n) is 8.16. The molecular weight excluding hydrogens is 320 g/mol. The minimum atomic E-state index is -3.68. The largest absolute Gasteiger partial charge is 0.381 e. The highest BCUT2D eigenvalue weighted by atomic mass is 32.2. The van der Waals surface area contributed by atoms with Crippen LogP contribution < -0.4 is 10.5 Å². The summed E-state index contributed by atoms with van der Waals surface area (Å²) in [6.45, 7) is 0. The Bertz CT molecular complexity index is 891.